The fourth-order valence-electron chi connectivity index (χ4n) is 6.02. The molecule has 3 aromatic carbocycles. The molecule has 0 saturated carbocycles. The summed E-state index contributed by atoms with van der Waals surface area (Å²) in [5, 5.41) is 3.01. The number of nitrogens with one attached hydrogen (secondary N) is 1. The molecule has 1 fully saturated rings. The van der Waals surface area contributed by atoms with Crippen LogP contribution in [0.5, 0.6) is 5.75 Å². The Labute approximate surface area is 286 Å². The molecule has 7 nitrogen and oxygen atoms in total. The van der Waals surface area contributed by atoms with Crippen LogP contribution in [-0.2, 0) is 22.4 Å². The molecule has 10 heteroatoms. The van der Waals surface area contributed by atoms with Gasteiger partial charge in [0.25, 0.3) is 15.6 Å². The van der Waals surface area contributed by atoms with Gasteiger partial charge < -0.3 is 19.7 Å². The SMILES string of the molecule is O=C(c1ccccc1)N(CCc1cccc(OCCN2CCOCC2)c1)CC1=CC(Cc2ccccc2)(NC(=O)C(Cl)(Cl)Cl)CC1. The molecular weight excluding hydrogens is 645 g/mol. The van der Waals surface area contributed by atoms with E-state index in [1.807, 2.05) is 77.7 Å². The molecule has 1 N–H and O–H groups in total. The van der Waals surface area contributed by atoms with Crippen LogP contribution >= 0.6 is 34.8 Å². The van der Waals surface area contributed by atoms with Gasteiger partial charge in [0.15, 0.2) is 0 Å². The topological polar surface area (TPSA) is 71.1 Å². The average Bonchev–Trinajstić information content (AvgIpc) is 3.45. The minimum Gasteiger partial charge on any atom is -0.492 e. The van der Waals surface area contributed by atoms with E-state index in [0.717, 1.165) is 55.3 Å². The van der Waals surface area contributed by atoms with Crippen LogP contribution in [0.3, 0.4) is 0 Å². The predicted octanol–water partition coefficient (Wildman–Crippen LogP) is 6.27. The van der Waals surface area contributed by atoms with Crippen molar-refractivity contribution < 1.29 is 19.1 Å². The summed E-state index contributed by atoms with van der Waals surface area (Å²) in [6.07, 6.45) is 4.57. The first-order chi connectivity index (χ1) is 22.2. The third kappa shape index (κ3) is 9.96. The van der Waals surface area contributed by atoms with Gasteiger partial charge in [-0.1, -0.05) is 107 Å². The van der Waals surface area contributed by atoms with Gasteiger partial charge in [-0.3, -0.25) is 14.5 Å². The number of hydrogen-bond acceptors (Lipinski definition) is 5. The van der Waals surface area contributed by atoms with Gasteiger partial charge in [0.1, 0.15) is 12.4 Å². The summed E-state index contributed by atoms with van der Waals surface area (Å²) in [5.41, 5.74) is 3.07. The summed E-state index contributed by atoms with van der Waals surface area (Å²) in [5.74, 6) is 0.0982. The van der Waals surface area contributed by atoms with Crippen LogP contribution in [0.4, 0.5) is 0 Å². The van der Waals surface area contributed by atoms with Crippen LogP contribution in [0.2, 0.25) is 0 Å². The Bertz CT molecular complexity index is 1480. The van der Waals surface area contributed by atoms with Crippen molar-refractivity contribution in [2.45, 2.75) is 35.0 Å². The number of halogens is 3. The van der Waals surface area contributed by atoms with Gasteiger partial charge in [-0.05, 0) is 61.1 Å². The van der Waals surface area contributed by atoms with E-state index in [9.17, 15) is 9.59 Å². The molecule has 1 saturated heterocycles. The van der Waals surface area contributed by atoms with Crippen LogP contribution in [0, 0.1) is 0 Å². The number of hydrogen-bond donors (Lipinski definition) is 1. The van der Waals surface area contributed by atoms with Crippen LogP contribution in [0.15, 0.2) is 96.6 Å². The van der Waals surface area contributed by atoms with Crippen LogP contribution < -0.4 is 10.1 Å². The number of nitrogens with zero attached hydrogens (tertiary/aromatic N) is 2. The summed E-state index contributed by atoms with van der Waals surface area (Å²) in [7, 11) is 0. The van der Waals surface area contributed by atoms with Crippen molar-refractivity contribution in [1.82, 2.24) is 15.1 Å². The number of carbonyl (C=O) groups is 2. The summed E-state index contributed by atoms with van der Waals surface area (Å²) >= 11 is 17.9. The van der Waals surface area contributed by atoms with E-state index in [1.54, 1.807) is 0 Å². The average molecular weight is 685 g/mol. The molecule has 2 aliphatic rings. The lowest BCUT2D eigenvalue weighted by Gasteiger charge is -2.30. The monoisotopic (exact) mass is 683 g/mol. The molecule has 3 aromatic rings. The Morgan fingerprint density at radius 2 is 1.63 bits per heavy atom. The minimum absolute atomic E-state index is 0.0506. The molecule has 0 spiro atoms. The largest absolute Gasteiger partial charge is 0.492 e. The van der Waals surface area contributed by atoms with Gasteiger partial charge >= 0.3 is 0 Å². The van der Waals surface area contributed by atoms with Crippen LogP contribution in [0.25, 0.3) is 0 Å². The molecule has 1 aliphatic carbocycles. The molecule has 1 heterocycles. The van der Waals surface area contributed by atoms with Crippen LogP contribution in [0.1, 0.15) is 34.3 Å². The third-order valence-corrected chi connectivity index (χ3v) is 8.92. The quantitative estimate of drug-likeness (QED) is 0.170. The molecule has 46 heavy (non-hydrogen) atoms. The molecule has 2 amide bonds. The fourth-order valence-corrected chi connectivity index (χ4v) is 6.16. The van der Waals surface area contributed by atoms with Crippen molar-refractivity contribution in [3.05, 3.63) is 113 Å². The van der Waals surface area contributed by atoms with Crippen molar-refractivity contribution in [2.24, 2.45) is 0 Å². The molecule has 1 unspecified atom stereocenters. The number of alkyl halides is 3. The molecule has 1 atom stereocenters. The van der Waals surface area contributed by atoms with E-state index in [2.05, 4.69) is 28.4 Å². The lowest BCUT2D eigenvalue weighted by Crippen LogP contribution is -2.51. The van der Waals surface area contributed by atoms with Gasteiger partial charge in [-0.15, -0.1) is 0 Å². The highest BCUT2D eigenvalue weighted by Crippen LogP contribution is 2.35. The lowest BCUT2D eigenvalue weighted by atomic mass is 9.90. The molecule has 5 rings (SSSR count). The normalized spacial score (nSPS) is 18.5. The zero-order chi connectivity index (χ0) is 32.4. The van der Waals surface area contributed by atoms with E-state index in [4.69, 9.17) is 44.3 Å². The minimum atomic E-state index is -2.09. The number of ether oxygens (including phenoxy) is 2. The Morgan fingerprint density at radius 3 is 2.35 bits per heavy atom. The molecule has 0 bridgehead atoms. The van der Waals surface area contributed by atoms with Crippen molar-refractivity contribution in [3.63, 3.8) is 0 Å². The van der Waals surface area contributed by atoms with E-state index < -0.39 is 15.2 Å². The third-order valence-electron chi connectivity index (χ3n) is 8.41. The molecular formula is C36H40Cl3N3O4. The zero-order valence-corrected chi connectivity index (χ0v) is 28.1. The second kappa shape index (κ2) is 16.2. The predicted molar refractivity (Wildman–Crippen MR) is 184 cm³/mol. The standard InChI is InChI=1S/C36H40Cl3N3O4/c37-36(38,39)34(44)40-35(25-29-8-3-1-4-9-29)16-14-30(26-35)27-42(33(43)31-11-5-2-6-12-31)17-15-28-10-7-13-32(24-28)46-23-20-41-18-21-45-22-19-41/h1-13,24,26H,14-23,25,27H2,(H,40,44). The van der Waals surface area contributed by atoms with Gasteiger partial charge in [0, 0.05) is 38.3 Å². The Hall–Kier alpha value is -3.07. The first kappa shape index (κ1) is 34.3. The number of morpholine rings is 1. The second-order valence-corrected chi connectivity index (χ2v) is 14.1. The van der Waals surface area contributed by atoms with Crippen molar-refractivity contribution in [2.75, 3.05) is 52.5 Å². The van der Waals surface area contributed by atoms with Crippen molar-refractivity contribution in [1.29, 1.82) is 0 Å². The van der Waals surface area contributed by atoms with E-state index in [0.29, 0.717) is 50.9 Å². The van der Waals surface area contributed by atoms with Crippen molar-refractivity contribution in [3.8, 4) is 5.75 Å². The first-order valence-corrected chi connectivity index (χ1v) is 16.8. The molecule has 0 aromatic heterocycles. The second-order valence-electron chi connectivity index (χ2n) is 11.9. The maximum atomic E-state index is 13.8. The van der Waals surface area contributed by atoms with E-state index >= 15 is 0 Å². The summed E-state index contributed by atoms with van der Waals surface area (Å²) < 4.78 is 9.42. The maximum absolute atomic E-state index is 13.8. The first-order valence-electron chi connectivity index (χ1n) is 15.7. The summed E-state index contributed by atoms with van der Waals surface area (Å²) in [4.78, 5) is 30.9. The zero-order valence-electron chi connectivity index (χ0n) is 25.8. The molecule has 1 aliphatic heterocycles. The summed E-state index contributed by atoms with van der Waals surface area (Å²) in [6, 6.07) is 27.3. The van der Waals surface area contributed by atoms with E-state index in [-0.39, 0.29) is 5.91 Å². The summed E-state index contributed by atoms with van der Waals surface area (Å²) in [6.45, 7) is 5.78. The van der Waals surface area contributed by atoms with Gasteiger partial charge in [-0.2, -0.15) is 0 Å². The van der Waals surface area contributed by atoms with Gasteiger partial charge in [0.2, 0.25) is 0 Å². The molecule has 0 radical (unpaired) electrons. The number of amides is 2. The maximum Gasteiger partial charge on any atom is 0.272 e. The Morgan fingerprint density at radius 1 is 0.935 bits per heavy atom. The fraction of sp³-hybridized carbons (Fsp3) is 0.389. The highest BCUT2D eigenvalue weighted by atomic mass is 35.6. The number of rotatable bonds is 13. The van der Waals surface area contributed by atoms with Gasteiger partial charge in [-0.25, -0.2) is 0 Å². The number of benzene rings is 3. The lowest BCUT2D eigenvalue weighted by molar-refractivity contribution is -0.121. The number of carbonyl (C=O) groups excluding carboxylic acids is 2. The highest BCUT2D eigenvalue weighted by Gasteiger charge is 2.40. The smallest absolute Gasteiger partial charge is 0.272 e. The Kier molecular flexibility index (Phi) is 12.0. The van der Waals surface area contributed by atoms with Crippen LogP contribution in [-0.4, -0.2) is 83.5 Å². The molecule has 244 valence electrons. The van der Waals surface area contributed by atoms with Crippen molar-refractivity contribution >= 4 is 46.6 Å². The Balaban J connectivity index is 1.30. The van der Waals surface area contributed by atoms with E-state index in [1.165, 1.54) is 0 Å². The highest BCUT2D eigenvalue weighted by molar-refractivity contribution is 6.76. The van der Waals surface area contributed by atoms with Gasteiger partial charge in [0.05, 0.1) is 18.8 Å².